The molecule has 1 aliphatic rings. The standard InChI is InChI=1S/C19H19NO3/c1-12(21)15-16(13-6-4-3-5-7-13)17(18(15)19(22)23-2)14-8-10-20-11-9-14/h3-11,15-18H,1-2H3/t15-,16-,17-,18-/m0/s1. The van der Waals surface area contributed by atoms with Crippen LogP contribution in [-0.4, -0.2) is 23.8 Å². The van der Waals surface area contributed by atoms with Gasteiger partial charge < -0.3 is 4.74 Å². The van der Waals surface area contributed by atoms with E-state index in [1.165, 1.54) is 7.11 Å². The maximum atomic E-state index is 12.3. The van der Waals surface area contributed by atoms with Gasteiger partial charge in [0, 0.05) is 30.1 Å². The summed E-state index contributed by atoms with van der Waals surface area (Å²) in [5, 5.41) is 0. The number of aromatic nitrogens is 1. The van der Waals surface area contributed by atoms with Crippen LogP contribution in [0.3, 0.4) is 0 Å². The molecule has 0 aliphatic heterocycles. The summed E-state index contributed by atoms with van der Waals surface area (Å²) in [6.07, 6.45) is 3.43. The number of nitrogens with zero attached hydrogens (tertiary/aromatic N) is 1. The summed E-state index contributed by atoms with van der Waals surface area (Å²) in [7, 11) is 1.37. The summed E-state index contributed by atoms with van der Waals surface area (Å²) >= 11 is 0. The maximum absolute atomic E-state index is 12.3. The fraction of sp³-hybridized carbons (Fsp3) is 0.316. The molecule has 0 bridgehead atoms. The van der Waals surface area contributed by atoms with Gasteiger partial charge >= 0.3 is 5.97 Å². The first-order valence-corrected chi connectivity index (χ1v) is 7.68. The smallest absolute Gasteiger partial charge is 0.310 e. The Kier molecular flexibility index (Phi) is 4.24. The molecule has 0 radical (unpaired) electrons. The number of carbonyl (C=O) groups is 2. The Bertz CT molecular complexity index is 699. The van der Waals surface area contributed by atoms with Crippen molar-refractivity contribution in [1.29, 1.82) is 0 Å². The van der Waals surface area contributed by atoms with Crippen LogP contribution in [0.1, 0.15) is 29.9 Å². The van der Waals surface area contributed by atoms with Crippen LogP contribution in [0.25, 0.3) is 0 Å². The van der Waals surface area contributed by atoms with E-state index in [1.807, 2.05) is 42.5 Å². The van der Waals surface area contributed by atoms with Crippen LogP contribution in [0, 0.1) is 11.8 Å². The summed E-state index contributed by atoms with van der Waals surface area (Å²) in [5.74, 6) is -1.16. The quantitative estimate of drug-likeness (QED) is 0.815. The highest BCUT2D eigenvalue weighted by Gasteiger charge is 2.57. The summed E-state index contributed by atoms with van der Waals surface area (Å²) in [6.45, 7) is 1.55. The van der Waals surface area contributed by atoms with Gasteiger partial charge in [-0.05, 0) is 30.2 Å². The Morgan fingerprint density at radius 1 is 0.913 bits per heavy atom. The molecule has 1 heterocycles. The lowest BCUT2D eigenvalue weighted by atomic mass is 9.51. The van der Waals surface area contributed by atoms with Crippen molar-refractivity contribution in [3.05, 3.63) is 66.0 Å². The molecule has 1 fully saturated rings. The van der Waals surface area contributed by atoms with E-state index in [2.05, 4.69) is 4.98 Å². The van der Waals surface area contributed by atoms with Crippen molar-refractivity contribution >= 4 is 11.8 Å². The Balaban J connectivity index is 2.06. The molecule has 0 spiro atoms. The van der Waals surface area contributed by atoms with E-state index in [9.17, 15) is 9.59 Å². The van der Waals surface area contributed by atoms with Crippen molar-refractivity contribution in [2.24, 2.45) is 11.8 Å². The third-order valence-corrected chi connectivity index (χ3v) is 4.77. The monoisotopic (exact) mass is 309 g/mol. The van der Waals surface area contributed by atoms with Crippen LogP contribution in [0.15, 0.2) is 54.9 Å². The average molecular weight is 309 g/mol. The molecule has 4 nitrogen and oxygen atoms in total. The molecule has 1 aromatic heterocycles. The predicted molar refractivity (Wildman–Crippen MR) is 85.8 cm³/mol. The molecule has 118 valence electrons. The van der Waals surface area contributed by atoms with Gasteiger partial charge in [0.15, 0.2) is 0 Å². The van der Waals surface area contributed by atoms with Crippen molar-refractivity contribution in [2.45, 2.75) is 18.8 Å². The number of ketones is 1. The van der Waals surface area contributed by atoms with Crippen LogP contribution >= 0.6 is 0 Å². The van der Waals surface area contributed by atoms with Gasteiger partial charge in [-0.25, -0.2) is 0 Å². The molecule has 0 N–H and O–H groups in total. The lowest BCUT2D eigenvalue weighted by Crippen LogP contribution is -2.51. The van der Waals surface area contributed by atoms with E-state index in [0.717, 1.165) is 11.1 Å². The second-order valence-electron chi connectivity index (χ2n) is 5.93. The van der Waals surface area contributed by atoms with Crippen molar-refractivity contribution in [3.8, 4) is 0 Å². The molecular formula is C19H19NO3. The zero-order chi connectivity index (χ0) is 16.4. The Hall–Kier alpha value is -2.49. The third kappa shape index (κ3) is 2.65. The Morgan fingerprint density at radius 2 is 1.48 bits per heavy atom. The van der Waals surface area contributed by atoms with Crippen molar-refractivity contribution in [1.82, 2.24) is 4.98 Å². The lowest BCUT2D eigenvalue weighted by molar-refractivity contribution is -0.158. The zero-order valence-electron chi connectivity index (χ0n) is 13.2. The first-order chi connectivity index (χ1) is 11.1. The SMILES string of the molecule is COC(=O)[C@H]1[C@@H](C(C)=O)[C@H](c2ccccc2)[C@@H]1c1ccncc1. The number of esters is 1. The van der Waals surface area contributed by atoms with E-state index in [1.54, 1.807) is 19.3 Å². The van der Waals surface area contributed by atoms with Gasteiger partial charge in [0.2, 0.25) is 0 Å². The molecule has 1 saturated carbocycles. The van der Waals surface area contributed by atoms with E-state index in [4.69, 9.17) is 4.74 Å². The van der Waals surface area contributed by atoms with Gasteiger partial charge in [0.1, 0.15) is 5.78 Å². The molecule has 0 amide bonds. The maximum Gasteiger partial charge on any atom is 0.310 e. The Labute approximate surface area is 135 Å². The van der Waals surface area contributed by atoms with Crippen molar-refractivity contribution in [2.75, 3.05) is 7.11 Å². The second kappa shape index (κ2) is 6.32. The average Bonchev–Trinajstić information content (AvgIpc) is 2.55. The zero-order valence-corrected chi connectivity index (χ0v) is 13.2. The fourth-order valence-corrected chi connectivity index (χ4v) is 3.77. The first kappa shape index (κ1) is 15.4. The minimum Gasteiger partial charge on any atom is -0.469 e. The van der Waals surface area contributed by atoms with Crippen LogP contribution in [0.5, 0.6) is 0 Å². The van der Waals surface area contributed by atoms with Gasteiger partial charge in [-0.2, -0.15) is 0 Å². The van der Waals surface area contributed by atoms with Gasteiger partial charge in [-0.3, -0.25) is 14.6 Å². The van der Waals surface area contributed by atoms with Gasteiger partial charge in [-0.15, -0.1) is 0 Å². The number of benzene rings is 1. The summed E-state index contributed by atoms with van der Waals surface area (Å²) in [6, 6.07) is 13.7. The fourth-order valence-electron chi connectivity index (χ4n) is 3.77. The van der Waals surface area contributed by atoms with Gasteiger partial charge in [-0.1, -0.05) is 30.3 Å². The van der Waals surface area contributed by atoms with Crippen LogP contribution in [0.2, 0.25) is 0 Å². The topological polar surface area (TPSA) is 56.3 Å². The lowest BCUT2D eigenvalue weighted by Gasteiger charge is -2.50. The number of hydrogen-bond donors (Lipinski definition) is 0. The number of methoxy groups -OCH3 is 1. The molecule has 2 aromatic rings. The van der Waals surface area contributed by atoms with E-state index in [0.29, 0.717) is 0 Å². The van der Waals surface area contributed by atoms with Gasteiger partial charge in [0.25, 0.3) is 0 Å². The summed E-state index contributed by atoms with van der Waals surface area (Å²) in [4.78, 5) is 28.5. The molecule has 4 atom stereocenters. The highest BCUT2D eigenvalue weighted by atomic mass is 16.5. The number of Topliss-reactive ketones (excluding diaryl/α,β-unsaturated/α-hetero) is 1. The van der Waals surface area contributed by atoms with Crippen LogP contribution in [0.4, 0.5) is 0 Å². The van der Waals surface area contributed by atoms with E-state index < -0.39 is 5.92 Å². The molecule has 0 saturated heterocycles. The molecule has 1 aromatic carbocycles. The predicted octanol–water partition coefficient (Wildman–Crippen LogP) is 2.96. The number of rotatable bonds is 4. The van der Waals surface area contributed by atoms with Gasteiger partial charge in [0.05, 0.1) is 13.0 Å². The third-order valence-electron chi connectivity index (χ3n) is 4.77. The minimum atomic E-state index is -0.440. The normalized spacial score (nSPS) is 26.2. The molecule has 0 unspecified atom stereocenters. The van der Waals surface area contributed by atoms with Crippen LogP contribution < -0.4 is 0 Å². The second-order valence-corrected chi connectivity index (χ2v) is 5.93. The first-order valence-electron chi connectivity index (χ1n) is 7.68. The van der Waals surface area contributed by atoms with E-state index >= 15 is 0 Å². The highest BCUT2D eigenvalue weighted by Crippen LogP contribution is 2.58. The molecule has 4 heteroatoms. The summed E-state index contributed by atoms with van der Waals surface area (Å²) in [5.41, 5.74) is 2.09. The Morgan fingerprint density at radius 3 is 2.04 bits per heavy atom. The van der Waals surface area contributed by atoms with E-state index in [-0.39, 0.29) is 29.5 Å². The number of carbonyl (C=O) groups excluding carboxylic acids is 2. The minimum absolute atomic E-state index is 0.0137. The molecule has 3 rings (SSSR count). The molecule has 23 heavy (non-hydrogen) atoms. The number of hydrogen-bond acceptors (Lipinski definition) is 4. The highest BCUT2D eigenvalue weighted by molar-refractivity contribution is 5.89. The molecule has 1 aliphatic carbocycles. The van der Waals surface area contributed by atoms with Crippen molar-refractivity contribution < 1.29 is 14.3 Å². The number of pyridine rings is 1. The summed E-state index contributed by atoms with van der Waals surface area (Å²) < 4.78 is 4.96. The number of ether oxygens (including phenoxy) is 1. The molecular weight excluding hydrogens is 290 g/mol. The largest absolute Gasteiger partial charge is 0.469 e. The van der Waals surface area contributed by atoms with Crippen molar-refractivity contribution in [3.63, 3.8) is 0 Å². The van der Waals surface area contributed by atoms with Crippen LogP contribution in [-0.2, 0) is 14.3 Å².